The van der Waals surface area contributed by atoms with Gasteiger partial charge in [-0.1, -0.05) is 36.4 Å². The maximum absolute atomic E-state index is 13.6. The SMILES string of the molecule is O=C1N[C@H](c2cccs2)[C@@H](C(=O)c2ccccc2)[C@@](O)(C(F)(F)F)N1. The van der Waals surface area contributed by atoms with Gasteiger partial charge in [0.05, 0.1) is 6.04 Å². The fourth-order valence-electron chi connectivity index (χ4n) is 2.83. The van der Waals surface area contributed by atoms with E-state index in [1.165, 1.54) is 35.6 Å². The van der Waals surface area contributed by atoms with Crippen LogP contribution in [0.25, 0.3) is 0 Å². The predicted octanol–water partition coefficient (Wildman–Crippen LogP) is 2.85. The number of aliphatic hydroxyl groups is 1. The molecule has 2 heterocycles. The van der Waals surface area contributed by atoms with E-state index < -0.39 is 35.7 Å². The number of urea groups is 1. The van der Waals surface area contributed by atoms with Gasteiger partial charge in [0.25, 0.3) is 0 Å². The van der Waals surface area contributed by atoms with Gasteiger partial charge in [0.2, 0.25) is 5.72 Å². The second kappa shape index (κ2) is 6.16. The zero-order valence-electron chi connectivity index (χ0n) is 12.6. The minimum Gasteiger partial charge on any atom is -0.363 e. The smallest absolute Gasteiger partial charge is 0.363 e. The van der Waals surface area contributed by atoms with E-state index in [1.54, 1.807) is 17.5 Å². The summed E-state index contributed by atoms with van der Waals surface area (Å²) in [5, 5.41) is 15.8. The van der Waals surface area contributed by atoms with Crippen LogP contribution in [0, 0.1) is 5.92 Å². The standard InChI is InChI=1S/C16H13F3N2O3S/c17-16(18,19)15(24)11(13(22)9-5-2-1-3-6-9)12(20-14(23)21-15)10-7-4-8-25-10/h1-8,11-12,24H,(H2,20,21,23)/t11-,12+,15+/m0/s1. The summed E-state index contributed by atoms with van der Waals surface area (Å²) in [6, 6.07) is 7.94. The molecule has 1 aromatic carbocycles. The first kappa shape index (κ1) is 17.4. The maximum Gasteiger partial charge on any atom is 0.437 e. The number of Topliss-reactive ketones (excluding diaryl/α,β-unsaturated/α-hetero) is 1. The molecular weight excluding hydrogens is 357 g/mol. The highest BCUT2D eigenvalue weighted by Gasteiger charge is 2.66. The van der Waals surface area contributed by atoms with Crippen LogP contribution in [-0.4, -0.2) is 28.8 Å². The van der Waals surface area contributed by atoms with Crippen LogP contribution in [0.2, 0.25) is 0 Å². The van der Waals surface area contributed by atoms with Crippen LogP contribution in [0.1, 0.15) is 21.3 Å². The van der Waals surface area contributed by atoms with Gasteiger partial charge in [-0.05, 0) is 11.4 Å². The van der Waals surface area contributed by atoms with E-state index in [2.05, 4.69) is 5.32 Å². The van der Waals surface area contributed by atoms with Gasteiger partial charge >= 0.3 is 12.2 Å². The highest BCUT2D eigenvalue weighted by molar-refractivity contribution is 7.10. The van der Waals surface area contributed by atoms with E-state index in [0.717, 1.165) is 11.3 Å². The number of thiophene rings is 1. The van der Waals surface area contributed by atoms with Gasteiger partial charge in [-0.15, -0.1) is 11.3 Å². The Hall–Kier alpha value is -2.39. The lowest BCUT2D eigenvalue weighted by molar-refractivity contribution is -0.287. The third kappa shape index (κ3) is 3.00. The van der Waals surface area contributed by atoms with Gasteiger partial charge in [-0.3, -0.25) is 4.79 Å². The Morgan fingerprint density at radius 2 is 1.84 bits per heavy atom. The molecule has 1 aliphatic rings. The Morgan fingerprint density at radius 1 is 1.16 bits per heavy atom. The lowest BCUT2D eigenvalue weighted by atomic mass is 9.79. The normalized spacial score (nSPS) is 26.6. The number of hydrogen-bond donors (Lipinski definition) is 3. The molecule has 3 atom stereocenters. The average Bonchev–Trinajstić information content (AvgIpc) is 3.08. The van der Waals surface area contributed by atoms with Crippen molar-refractivity contribution in [2.75, 3.05) is 0 Å². The third-order valence-corrected chi connectivity index (χ3v) is 4.95. The molecule has 0 radical (unpaired) electrons. The molecule has 0 saturated carbocycles. The number of alkyl halides is 3. The fraction of sp³-hybridized carbons (Fsp3) is 0.250. The minimum atomic E-state index is -5.24. The zero-order valence-corrected chi connectivity index (χ0v) is 13.4. The highest BCUT2D eigenvalue weighted by atomic mass is 32.1. The molecule has 0 bridgehead atoms. The van der Waals surface area contributed by atoms with Crippen LogP contribution >= 0.6 is 11.3 Å². The van der Waals surface area contributed by atoms with Gasteiger partial charge in [0, 0.05) is 10.4 Å². The van der Waals surface area contributed by atoms with E-state index in [4.69, 9.17) is 0 Å². The van der Waals surface area contributed by atoms with Crippen molar-refractivity contribution in [3.05, 3.63) is 58.3 Å². The first-order valence-corrected chi connectivity index (χ1v) is 8.12. The Morgan fingerprint density at radius 3 is 2.40 bits per heavy atom. The summed E-state index contributed by atoms with van der Waals surface area (Å²) >= 11 is 1.09. The van der Waals surface area contributed by atoms with Gasteiger partial charge in [-0.2, -0.15) is 13.2 Å². The molecule has 3 rings (SSSR count). The van der Waals surface area contributed by atoms with Crippen molar-refractivity contribution in [2.45, 2.75) is 17.9 Å². The zero-order chi connectivity index (χ0) is 18.2. The number of carbonyl (C=O) groups excluding carboxylic acids is 2. The van der Waals surface area contributed by atoms with E-state index in [-0.39, 0.29) is 5.56 Å². The van der Waals surface area contributed by atoms with Crippen molar-refractivity contribution in [3.8, 4) is 0 Å². The number of hydrogen-bond acceptors (Lipinski definition) is 4. The predicted molar refractivity (Wildman–Crippen MR) is 84.0 cm³/mol. The molecule has 2 aromatic rings. The van der Waals surface area contributed by atoms with Crippen LogP contribution in [0.4, 0.5) is 18.0 Å². The molecule has 3 N–H and O–H groups in total. The number of rotatable bonds is 3. The third-order valence-electron chi connectivity index (χ3n) is 4.00. The van der Waals surface area contributed by atoms with E-state index in [0.29, 0.717) is 4.88 Å². The Kier molecular flexibility index (Phi) is 4.29. The van der Waals surface area contributed by atoms with Gasteiger partial charge in [0.15, 0.2) is 5.78 Å². The molecule has 132 valence electrons. The van der Waals surface area contributed by atoms with Crippen molar-refractivity contribution in [1.29, 1.82) is 0 Å². The molecule has 5 nitrogen and oxygen atoms in total. The second-order valence-electron chi connectivity index (χ2n) is 5.56. The molecule has 2 amide bonds. The first-order chi connectivity index (χ1) is 11.7. The Bertz CT molecular complexity index is 780. The summed E-state index contributed by atoms with van der Waals surface area (Å²) in [5.74, 6) is -2.91. The minimum absolute atomic E-state index is 0.00896. The number of halogens is 3. The Labute approximate surface area is 144 Å². The molecule has 0 unspecified atom stereocenters. The monoisotopic (exact) mass is 370 g/mol. The maximum atomic E-state index is 13.6. The van der Waals surface area contributed by atoms with Crippen molar-refractivity contribution >= 4 is 23.2 Å². The molecule has 0 aliphatic carbocycles. The summed E-state index contributed by atoms with van der Waals surface area (Å²) in [5.41, 5.74) is -3.67. The summed E-state index contributed by atoms with van der Waals surface area (Å²) in [4.78, 5) is 24.9. The van der Waals surface area contributed by atoms with Crippen LogP contribution in [0.15, 0.2) is 47.8 Å². The molecule has 0 spiro atoms. The van der Waals surface area contributed by atoms with Gasteiger partial charge in [0.1, 0.15) is 5.92 Å². The molecule has 1 saturated heterocycles. The van der Waals surface area contributed by atoms with E-state index >= 15 is 0 Å². The van der Waals surface area contributed by atoms with Crippen molar-refractivity contribution in [2.24, 2.45) is 5.92 Å². The Balaban J connectivity index is 2.14. The van der Waals surface area contributed by atoms with Crippen LogP contribution in [-0.2, 0) is 0 Å². The summed E-state index contributed by atoms with van der Waals surface area (Å²) < 4.78 is 40.8. The van der Waals surface area contributed by atoms with Gasteiger partial charge in [-0.25, -0.2) is 4.79 Å². The summed E-state index contributed by atoms with van der Waals surface area (Å²) in [7, 11) is 0. The summed E-state index contributed by atoms with van der Waals surface area (Å²) in [6.45, 7) is 0. The second-order valence-corrected chi connectivity index (χ2v) is 6.54. The molecule has 1 aromatic heterocycles. The molecular formula is C16H13F3N2O3S. The van der Waals surface area contributed by atoms with Crippen LogP contribution < -0.4 is 10.6 Å². The molecule has 25 heavy (non-hydrogen) atoms. The van der Waals surface area contributed by atoms with Gasteiger partial charge < -0.3 is 15.7 Å². The van der Waals surface area contributed by atoms with Crippen molar-refractivity contribution < 1.29 is 27.9 Å². The molecule has 1 aliphatic heterocycles. The number of nitrogens with one attached hydrogen (secondary N) is 2. The largest absolute Gasteiger partial charge is 0.437 e. The topological polar surface area (TPSA) is 78.4 Å². The van der Waals surface area contributed by atoms with Crippen molar-refractivity contribution in [1.82, 2.24) is 10.6 Å². The van der Waals surface area contributed by atoms with E-state index in [9.17, 15) is 27.9 Å². The average molecular weight is 370 g/mol. The number of amides is 2. The lowest BCUT2D eigenvalue weighted by Crippen LogP contribution is -2.72. The number of benzene rings is 1. The molecule has 1 fully saturated rings. The number of ketones is 1. The highest BCUT2D eigenvalue weighted by Crippen LogP contribution is 2.44. The van der Waals surface area contributed by atoms with Crippen LogP contribution in [0.5, 0.6) is 0 Å². The molecule has 9 heteroatoms. The lowest BCUT2D eigenvalue weighted by Gasteiger charge is -2.44. The first-order valence-electron chi connectivity index (χ1n) is 7.24. The van der Waals surface area contributed by atoms with E-state index in [1.807, 2.05) is 0 Å². The van der Waals surface area contributed by atoms with Crippen LogP contribution in [0.3, 0.4) is 0 Å². The van der Waals surface area contributed by atoms with Crippen molar-refractivity contribution in [3.63, 3.8) is 0 Å². The fourth-order valence-corrected chi connectivity index (χ4v) is 3.64. The summed E-state index contributed by atoms with van der Waals surface area (Å²) in [6.07, 6.45) is -5.24. The quantitative estimate of drug-likeness (QED) is 0.727. The number of carbonyl (C=O) groups is 2.